The van der Waals surface area contributed by atoms with Gasteiger partial charge in [0, 0.05) is 28.8 Å². The fourth-order valence-electron chi connectivity index (χ4n) is 1.58. The Morgan fingerprint density at radius 3 is 2.67 bits per heavy atom. The Labute approximate surface area is 113 Å². The van der Waals surface area contributed by atoms with Crippen LogP contribution in [0.3, 0.4) is 0 Å². The van der Waals surface area contributed by atoms with Gasteiger partial charge in [-0.25, -0.2) is 0 Å². The number of ketones is 1. The van der Waals surface area contributed by atoms with E-state index >= 15 is 0 Å². The molecule has 0 radical (unpaired) electrons. The second kappa shape index (κ2) is 5.38. The summed E-state index contributed by atoms with van der Waals surface area (Å²) in [5, 5.41) is 0.758. The Morgan fingerprint density at radius 1 is 1.22 bits per heavy atom. The van der Waals surface area contributed by atoms with Crippen LogP contribution in [-0.4, -0.2) is 10.8 Å². The molecule has 0 amide bonds. The molecule has 0 fully saturated rings. The quantitative estimate of drug-likeness (QED) is 0.879. The van der Waals surface area contributed by atoms with Crippen LogP contribution in [-0.2, 0) is 6.42 Å². The van der Waals surface area contributed by atoms with Gasteiger partial charge in [0.1, 0.15) is 0 Å². The number of carbonyl (C=O) groups is 1. The van der Waals surface area contributed by atoms with Gasteiger partial charge < -0.3 is 4.98 Å². The largest absolute Gasteiger partial charge is 0.329 e. The topological polar surface area (TPSA) is 49.9 Å². The van der Waals surface area contributed by atoms with Gasteiger partial charge in [0.2, 0.25) is 0 Å². The summed E-state index contributed by atoms with van der Waals surface area (Å²) in [6.07, 6.45) is 1.53. The third kappa shape index (κ3) is 2.81. The molecule has 0 spiro atoms. The predicted octanol–water partition coefficient (Wildman–Crippen LogP) is 3.11. The van der Waals surface area contributed by atoms with Crippen molar-refractivity contribution in [3.05, 3.63) is 68.1 Å². The monoisotopic (exact) mass is 281 g/mol. The van der Waals surface area contributed by atoms with Crippen molar-refractivity contribution < 1.29 is 4.79 Å². The first-order valence-electron chi connectivity index (χ1n) is 5.23. The molecule has 1 aromatic carbocycles. The van der Waals surface area contributed by atoms with Gasteiger partial charge >= 0.3 is 0 Å². The maximum absolute atomic E-state index is 12.0. The van der Waals surface area contributed by atoms with Crippen molar-refractivity contribution in [2.75, 3.05) is 0 Å². The van der Waals surface area contributed by atoms with Crippen molar-refractivity contribution in [1.29, 1.82) is 0 Å². The molecule has 0 saturated carbocycles. The lowest BCUT2D eigenvalue weighted by molar-refractivity contribution is 0.0992. The Balaban J connectivity index is 2.28. The normalized spacial score (nSPS) is 10.3. The van der Waals surface area contributed by atoms with Crippen LogP contribution in [0.25, 0.3) is 0 Å². The highest BCUT2D eigenvalue weighted by atomic mass is 35.5. The molecule has 1 heterocycles. The minimum atomic E-state index is -0.268. The van der Waals surface area contributed by atoms with Crippen molar-refractivity contribution in [2.24, 2.45) is 0 Å². The SMILES string of the molecule is O=C(Cc1ccc[nH]c1=O)c1ccc(Cl)cc1Cl. The van der Waals surface area contributed by atoms with Crippen molar-refractivity contribution in [3.63, 3.8) is 0 Å². The summed E-state index contributed by atoms with van der Waals surface area (Å²) in [5.74, 6) is -0.214. The minimum absolute atomic E-state index is 0.0114. The molecular formula is C13H9Cl2NO2. The Hall–Kier alpha value is -1.58. The molecule has 1 N–H and O–H groups in total. The first kappa shape index (κ1) is 12.9. The number of pyridine rings is 1. The lowest BCUT2D eigenvalue weighted by atomic mass is 10.0. The molecule has 0 unspecified atom stereocenters. The number of H-pyrrole nitrogens is 1. The highest BCUT2D eigenvalue weighted by Gasteiger charge is 2.13. The van der Waals surface area contributed by atoms with E-state index in [4.69, 9.17) is 23.2 Å². The molecule has 0 saturated heterocycles. The van der Waals surface area contributed by atoms with Gasteiger partial charge in [0.05, 0.1) is 5.02 Å². The third-order valence-electron chi connectivity index (χ3n) is 2.48. The number of benzene rings is 1. The molecule has 2 aromatic rings. The summed E-state index contributed by atoms with van der Waals surface area (Å²) in [4.78, 5) is 26.0. The number of aromatic nitrogens is 1. The Kier molecular flexibility index (Phi) is 3.84. The number of halogens is 2. The lowest BCUT2D eigenvalue weighted by Gasteiger charge is -2.03. The van der Waals surface area contributed by atoms with E-state index in [2.05, 4.69) is 4.98 Å². The van der Waals surface area contributed by atoms with Gasteiger partial charge in [-0.1, -0.05) is 29.3 Å². The summed E-state index contributed by atoms with van der Waals surface area (Å²) >= 11 is 11.7. The third-order valence-corrected chi connectivity index (χ3v) is 3.03. The van der Waals surface area contributed by atoms with Crippen LogP contribution in [0.5, 0.6) is 0 Å². The van der Waals surface area contributed by atoms with Crippen LogP contribution in [0.4, 0.5) is 0 Å². The standard InChI is InChI=1S/C13H9Cl2NO2/c14-9-3-4-10(11(15)7-9)12(17)6-8-2-1-5-16-13(8)18/h1-5,7H,6H2,(H,16,18). The Morgan fingerprint density at radius 2 is 2.00 bits per heavy atom. The summed E-state index contributed by atoms with van der Waals surface area (Å²) in [6, 6.07) is 7.94. The molecule has 18 heavy (non-hydrogen) atoms. The molecule has 0 bridgehead atoms. The number of aromatic amines is 1. The fourth-order valence-corrected chi connectivity index (χ4v) is 2.09. The van der Waals surface area contributed by atoms with E-state index in [1.165, 1.54) is 12.3 Å². The van der Waals surface area contributed by atoms with Gasteiger partial charge in [-0.15, -0.1) is 0 Å². The number of hydrogen-bond acceptors (Lipinski definition) is 2. The van der Waals surface area contributed by atoms with Crippen molar-refractivity contribution >= 4 is 29.0 Å². The molecule has 0 aliphatic heterocycles. The zero-order chi connectivity index (χ0) is 13.1. The fraction of sp³-hybridized carbons (Fsp3) is 0.0769. The number of Topliss-reactive ketones (excluding diaryl/α,β-unsaturated/α-hetero) is 1. The molecule has 0 atom stereocenters. The second-order valence-corrected chi connectivity index (χ2v) is 4.59. The van der Waals surface area contributed by atoms with Gasteiger partial charge in [0.15, 0.2) is 5.78 Å². The van der Waals surface area contributed by atoms with Crippen LogP contribution < -0.4 is 5.56 Å². The van der Waals surface area contributed by atoms with E-state index in [1.807, 2.05) is 0 Å². The molecule has 0 aliphatic carbocycles. The maximum Gasteiger partial charge on any atom is 0.251 e. The average Bonchev–Trinajstić information content (AvgIpc) is 2.32. The van der Waals surface area contributed by atoms with E-state index in [0.29, 0.717) is 21.2 Å². The molecule has 92 valence electrons. The van der Waals surface area contributed by atoms with Gasteiger partial charge in [0.25, 0.3) is 5.56 Å². The number of nitrogens with one attached hydrogen (secondary N) is 1. The highest BCUT2D eigenvalue weighted by Crippen LogP contribution is 2.22. The maximum atomic E-state index is 12.0. The molecule has 2 rings (SSSR count). The van der Waals surface area contributed by atoms with E-state index in [9.17, 15) is 9.59 Å². The van der Waals surface area contributed by atoms with Crippen molar-refractivity contribution in [2.45, 2.75) is 6.42 Å². The van der Waals surface area contributed by atoms with Gasteiger partial charge in [-0.2, -0.15) is 0 Å². The average molecular weight is 282 g/mol. The van der Waals surface area contributed by atoms with E-state index in [0.717, 1.165) is 0 Å². The summed E-state index contributed by atoms with van der Waals surface area (Å²) in [6.45, 7) is 0. The molecule has 1 aromatic heterocycles. The molecule has 0 aliphatic rings. The van der Waals surface area contributed by atoms with Gasteiger partial charge in [-0.3, -0.25) is 9.59 Å². The van der Waals surface area contributed by atoms with Crippen LogP contribution in [0, 0.1) is 0 Å². The van der Waals surface area contributed by atoms with Gasteiger partial charge in [-0.05, 0) is 24.3 Å². The van der Waals surface area contributed by atoms with Crippen molar-refractivity contribution in [1.82, 2.24) is 4.98 Å². The summed E-state index contributed by atoms with van der Waals surface area (Å²) in [5.41, 5.74) is 0.508. The first-order valence-corrected chi connectivity index (χ1v) is 5.98. The number of rotatable bonds is 3. The summed E-state index contributed by atoms with van der Waals surface area (Å²) < 4.78 is 0. The number of carbonyl (C=O) groups excluding carboxylic acids is 1. The molecule has 5 heteroatoms. The van der Waals surface area contributed by atoms with Crippen LogP contribution >= 0.6 is 23.2 Å². The van der Waals surface area contributed by atoms with Crippen molar-refractivity contribution in [3.8, 4) is 0 Å². The lowest BCUT2D eigenvalue weighted by Crippen LogP contribution is -2.15. The summed E-state index contributed by atoms with van der Waals surface area (Å²) in [7, 11) is 0. The van der Waals surface area contributed by atoms with E-state index in [-0.39, 0.29) is 17.8 Å². The Bertz CT molecular complexity index is 649. The smallest absolute Gasteiger partial charge is 0.251 e. The van der Waals surface area contributed by atoms with Crippen LogP contribution in [0.1, 0.15) is 15.9 Å². The van der Waals surface area contributed by atoms with Crippen LogP contribution in [0.15, 0.2) is 41.3 Å². The number of hydrogen-bond donors (Lipinski definition) is 1. The zero-order valence-electron chi connectivity index (χ0n) is 9.24. The zero-order valence-corrected chi connectivity index (χ0v) is 10.8. The molecule has 3 nitrogen and oxygen atoms in total. The van der Waals surface area contributed by atoms with E-state index < -0.39 is 0 Å². The highest BCUT2D eigenvalue weighted by molar-refractivity contribution is 6.36. The van der Waals surface area contributed by atoms with Crippen LogP contribution in [0.2, 0.25) is 10.0 Å². The molecular weight excluding hydrogens is 273 g/mol. The predicted molar refractivity (Wildman–Crippen MR) is 71.6 cm³/mol. The minimum Gasteiger partial charge on any atom is -0.329 e. The first-order chi connectivity index (χ1) is 8.58. The van der Waals surface area contributed by atoms with E-state index in [1.54, 1.807) is 24.3 Å². The second-order valence-electron chi connectivity index (χ2n) is 3.75.